The van der Waals surface area contributed by atoms with Crippen LogP contribution in [0.15, 0.2) is 12.3 Å². The fourth-order valence-electron chi connectivity index (χ4n) is 1.41. The number of aromatic amines is 1. The predicted molar refractivity (Wildman–Crippen MR) is 62.3 cm³/mol. The first-order valence-electron chi connectivity index (χ1n) is 5.32. The number of unbranched alkanes of at least 4 members (excludes halogenated alkanes) is 1. The summed E-state index contributed by atoms with van der Waals surface area (Å²) in [5.41, 5.74) is 0.568. The van der Waals surface area contributed by atoms with Gasteiger partial charge in [-0.25, -0.2) is 0 Å². The highest BCUT2D eigenvalue weighted by atomic mass is 35.5. The second-order valence-electron chi connectivity index (χ2n) is 3.47. The van der Waals surface area contributed by atoms with Crippen molar-refractivity contribution in [1.82, 2.24) is 9.88 Å². The number of aromatic nitrogens is 1. The summed E-state index contributed by atoms with van der Waals surface area (Å²) in [5.74, 6) is 0.0258. The fraction of sp³-hybridized carbons (Fsp3) is 0.545. The van der Waals surface area contributed by atoms with Crippen molar-refractivity contribution in [2.24, 2.45) is 0 Å². The van der Waals surface area contributed by atoms with Gasteiger partial charge in [-0.2, -0.15) is 0 Å². The molecule has 0 radical (unpaired) electrons. The SMILES string of the molecule is CCCCN(CC)C(=O)c1cc(Cl)c[nH]1. The van der Waals surface area contributed by atoms with E-state index in [4.69, 9.17) is 11.6 Å². The Morgan fingerprint density at radius 1 is 1.53 bits per heavy atom. The molecule has 84 valence electrons. The van der Waals surface area contributed by atoms with Crippen LogP contribution < -0.4 is 0 Å². The first-order chi connectivity index (χ1) is 7.19. The number of hydrogen-bond donors (Lipinski definition) is 1. The summed E-state index contributed by atoms with van der Waals surface area (Å²) in [4.78, 5) is 16.6. The van der Waals surface area contributed by atoms with E-state index in [0.717, 1.165) is 25.9 Å². The summed E-state index contributed by atoms with van der Waals surface area (Å²) in [5, 5.41) is 0.574. The third-order valence-corrected chi connectivity index (χ3v) is 2.55. The molecule has 0 saturated heterocycles. The van der Waals surface area contributed by atoms with Gasteiger partial charge in [0.05, 0.1) is 5.02 Å². The minimum absolute atomic E-state index is 0.0258. The fourth-order valence-corrected chi connectivity index (χ4v) is 1.58. The number of halogens is 1. The average Bonchev–Trinajstić information content (AvgIpc) is 2.65. The number of hydrogen-bond acceptors (Lipinski definition) is 1. The summed E-state index contributed by atoms with van der Waals surface area (Å²) in [7, 11) is 0. The molecule has 1 heterocycles. The van der Waals surface area contributed by atoms with E-state index in [1.807, 2.05) is 11.8 Å². The molecule has 0 fully saturated rings. The summed E-state index contributed by atoms with van der Waals surface area (Å²) >= 11 is 5.75. The van der Waals surface area contributed by atoms with Crippen molar-refractivity contribution in [1.29, 1.82) is 0 Å². The van der Waals surface area contributed by atoms with Crippen molar-refractivity contribution in [3.63, 3.8) is 0 Å². The molecule has 1 aromatic heterocycles. The largest absolute Gasteiger partial charge is 0.356 e. The van der Waals surface area contributed by atoms with Crippen molar-refractivity contribution < 1.29 is 4.79 Å². The number of amides is 1. The molecule has 1 amide bonds. The van der Waals surface area contributed by atoms with Crippen LogP contribution in [0.4, 0.5) is 0 Å². The molecule has 0 unspecified atom stereocenters. The maximum Gasteiger partial charge on any atom is 0.270 e. The molecular weight excluding hydrogens is 212 g/mol. The molecule has 1 aromatic rings. The maximum absolute atomic E-state index is 11.9. The van der Waals surface area contributed by atoms with Crippen LogP contribution in [-0.4, -0.2) is 28.9 Å². The van der Waals surface area contributed by atoms with Crippen LogP contribution in [0.25, 0.3) is 0 Å². The smallest absolute Gasteiger partial charge is 0.270 e. The topological polar surface area (TPSA) is 36.1 Å². The van der Waals surface area contributed by atoms with Crippen molar-refractivity contribution >= 4 is 17.5 Å². The number of carbonyl (C=O) groups is 1. The lowest BCUT2D eigenvalue weighted by Gasteiger charge is -2.19. The number of rotatable bonds is 5. The maximum atomic E-state index is 11.9. The van der Waals surface area contributed by atoms with Crippen molar-refractivity contribution in [3.8, 4) is 0 Å². The van der Waals surface area contributed by atoms with Gasteiger partial charge in [-0.3, -0.25) is 4.79 Å². The summed E-state index contributed by atoms with van der Waals surface area (Å²) in [6.07, 6.45) is 3.76. The Hall–Kier alpha value is -0.960. The molecule has 15 heavy (non-hydrogen) atoms. The van der Waals surface area contributed by atoms with E-state index < -0.39 is 0 Å². The van der Waals surface area contributed by atoms with Crippen LogP contribution in [0.1, 0.15) is 37.2 Å². The number of H-pyrrole nitrogens is 1. The van der Waals surface area contributed by atoms with E-state index in [1.54, 1.807) is 12.3 Å². The van der Waals surface area contributed by atoms with Crippen LogP contribution >= 0.6 is 11.6 Å². The molecule has 0 atom stereocenters. The zero-order valence-electron chi connectivity index (χ0n) is 9.22. The van der Waals surface area contributed by atoms with Gasteiger partial charge in [0.1, 0.15) is 5.69 Å². The van der Waals surface area contributed by atoms with E-state index in [-0.39, 0.29) is 5.91 Å². The van der Waals surface area contributed by atoms with Crippen molar-refractivity contribution in [2.45, 2.75) is 26.7 Å². The van der Waals surface area contributed by atoms with Gasteiger partial charge < -0.3 is 9.88 Å². The summed E-state index contributed by atoms with van der Waals surface area (Å²) in [6.45, 7) is 5.64. The van der Waals surface area contributed by atoms with Gasteiger partial charge in [0.25, 0.3) is 5.91 Å². The summed E-state index contributed by atoms with van der Waals surface area (Å²) in [6, 6.07) is 1.67. The van der Waals surface area contributed by atoms with Crippen LogP contribution in [-0.2, 0) is 0 Å². The third-order valence-electron chi connectivity index (χ3n) is 2.33. The molecule has 0 bridgehead atoms. The van der Waals surface area contributed by atoms with Gasteiger partial charge in [0.15, 0.2) is 0 Å². The van der Waals surface area contributed by atoms with E-state index in [9.17, 15) is 4.79 Å². The van der Waals surface area contributed by atoms with Crippen LogP contribution in [0, 0.1) is 0 Å². The predicted octanol–water partition coefficient (Wildman–Crippen LogP) is 2.93. The Balaban J connectivity index is 2.64. The van der Waals surface area contributed by atoms with E-state index >= 15 is 0 Å². The van der Waals surface area contributed by atoms with Gasteiger partial charge in [-0.1, -0.05) is 24.9 Å². The lowest BCUT2D eigenvalue weighted by Crippen LogP contribution is -2.31. The molecule has 0 aliphatic rings. The van der Waals surface area contributed by atoms with E-state index in [0.29, 0.717) is 10.7 Å². The highest BCUT2D eigenvalue weighted by Crippen LogP contribution is 2.11. The number of carbonyl (C=O) groups excluding carboxylic acids is 1. The Bertz CT molecular complexity index is 322. The van der Waals surface area contributed by atoms with Crippen molar-refractivity contribution in [3.05, 3.63) is 23.0 Å². The first-order valence-corrected chi connectivity index (χ1v) is 5.70. The molecule has 0 aliphatic carbocycles. The molecule has 0 saturated carbocycles. The Morgan fingerprint density at radius 2 is 2.27 bits per heavy atom. The van der Waals surface area contributed by atoms with Gasteiger partial charge in [0, 0.05) is 19.3 Å². The first kappa shape index (κ1) is 12.1. The quantitative estimate of drug-likeness (QED) is 0.827. The molecule has 0 aromatic carbocycles. The molecule has 4 heteroatoms. The lowest BCUT2D eigenvalue weighted by atomic mass is 10.3. The van der Waals surface area contributed by atoms with Gasteiger partial charge >= 0.3 is 0 Å². The second-order valence-corrected chi connectivity index (χ2v) is 3.91. The standard InChI is InChI=1S/C11H17ClN2O/c1-3-5-6-14(4-2)11(15)10-7-9(12)8-13-10/h7-8,13H,3-6H2,1-2H3. The zero-order valence-corrected chi connectivity index (χ0v) is 9.97. The Kier molecular flexibility index (Phi) is 4.69. The van der Waals surface area contributed by atoms with Crippen LogP contribution in [0.2, 0.25) is 5.02 Å². The van der Waals surface area contributed by atoms with E-state index in [1.165, 1.54) is 0 Å². The van der Waals surface area contributed by atoms with Gasteiger partial charge in [0.2, 0.25) is 0 Å². The third kappa shape index (κ3) is 3.27. The van der Waals surface area contributed by atoms with E-state index in [2.05, 4.69) is 11.9 Å². The van der Waals surface area contributed by atoms with Crippen molar-refractivity contribution in [2.75, 3.05) is 13.1 Å². The highest BCUT2D eigenvalue weighted by Gasteiger charge is 2.14. The van der Waals surface area contributed by atoms with Gasteiger partial charge in [-0.15, -0.1) is 0 Å². The number of nitrogens with zero attached hydrogens (tertiary/aromatic N) is 1. The minimum Gasteiger partial charge on any atom is -0.356 e. The Labute approximate surface area is 95.4 Å². The average molecular weight is 229 g/mol. The minimum atomic E-state index is 0.0258. The molecular formula is C11H17ClN2O. The molecule has 3 nitrogen and oxygen atoms in total. The lowest BCUT2D eigenvalue weighted by molar-refractivity contribution is 0.0757. The Morgan fingerprint density at radius 3 is 2.73 bits per heavy atom. The highest BCUT2D eigenvalue weighted by molar-refractivity contribution is 6.30. The molecule has 1 rings (SSSR count). The monoisotopic (exact) mass is 228 g/mol. The van der Waals surface area contributed by atoms with Gasteiger partial charge in [-0.05, 0) is 19.4 Å². The normalized spacial score (nSPS) is 10.3. The second kappa shape index (κ2) is 5.81. The molecule has 0 aliphatic heterocycles. The molecule has 1 N–H and O–H groups in total. The summed E-state index contributed by atoms with van der Waals surface area (Å²) < 4.78 is 0. The molecule has 0 spiro atoms. The van der Waals surface area contributed by atoms with Crippen LogP contribution in [0.5, 0.6) is 0 Å². The number of nitrogens with one attached hydrogen (secondary N) is 1. The van der Waals surface area contributed by atoms with Crippen LogP contribution in [0.3, 0.4) is 0 Å². The zero-order chi connectivity index (χ0) is 11.3.